The van der Waals surface area contributed by atoms with Crippen LogP contribution in [0.15, 0.2) is 54.7 Å². The molecule has 0 saturated carbocycles. The zero-order valence-corrected chi connectivity index (χ0v) is 30.0. The topological polar surface area (TPSA) is 31.4 Å². The zero-order chi connectivity index (χ0) is 32.7. The van der Waals surface area contributed by atoms with Crippen LogP contribution in [0.2, 0.25) is 0 Å². The fourth-order valence-corrected chi connectivity index (χ4v) is 6.10. The molecule has 1 heterocycles. The highest BCUT2D eigenvalue weighted by Gasteiger charge is 2.10. The normalized spacial score (nSPS) is 11.2. The van der Waals surface area contributed by atoms with Crippen LogP contribution in [0.4, 0.5) is 0 Å². The summed E-state index contributed by atoms with van der Waals surface area (Å²) in [5, 5.41) is 0. The van der Waals surface area contributed by atoms with Crippen molar-refractivity contribution in [1.82, 2.24) is 4.98 Å². The number of hydrogen-bond acceptors (Lipinski definition) is 3. The van der Waals surface area contributed by atoms with E-state index in [9.17, 15) is 0 Å². The number of aryl methyl sites for hydroxylation is 2. The summed E-state index contributed by atoms with van der Waals surface area (Å²) >= 11 is 0. The average Bonchev–Trinajstić information content (AvgIpc) is 3.08. The molecule has 0 aliphatic heterocycles. The maximum absolute atomic E-state index is 6.39. The number of benzene rings is 2. The van der Waals surface area contributed by atoms with Crippen molar-refractivity contribution in [1.29, 1.82) is 0 Å². The maximum atomic E-state index is 6.39. The third-order valence-electron chi connectivity index (χ3n) is 9.35. The van der Waals surface area contributed by atoms with Gasteiger partial charge < -0.3 is 9.47 Å². The van der Waals surface area contributed by atoms with Crippen LogP contribution in [0.1, 0.15) is 153 Å². The fraction of sp³-hybridized carbons (Fsp3) is 0.605. The van der Waals surface area contributed by atoms with Crippen molar-refractivity contribution in [2.24, 2.45) is 0 Å². The molecule has 0 radical (unpaired) electrons. The molecule has 0 N–H and O–H groups in total. The molecule has 3 nitrogen and oxygen atoms in total. The van der Waals surface area contributed by atoms with Gasteiger partial charge in [-0.1, -0.05) is 154 Å². The van der Waals surface area contributed by atoms with Gasteiger partial charge in [-0.05, 0) is 67.6 Å². The highest BCUT2D eigenvalue weighted by molar-refractivity contribution is 5.69. The Balaban J connectivity index is 1.51. The molecule has 46 heavy (non-hydrogen) atoms. The second kappa shape index (κ2) is 23.5. The molecule has 0 fully saturated rings. The van der Waals surface area contributed by atoms with Crippen molar-refractivity contribution in [3.8, 4) is 33.9 Å². The first-order valence-corrected chi connectivity index (χ1v) is 19.1. The smallest absolute Gasteiger partial charge is 0.161 e. The molecule has 3 heteroatoms. The predicted octanol–water partition coefficient (Wildman–Crippen LogP) is 13.6. The van der Waals surface area contributed by atoms with E-state index in [4.69, 9.17) is 14.5 Å². The Labute approximate surface area is 282 Å². The van der Waals surface area contributed by atoms with Gasteiger partial charge in [0.25, 0.3) is 0 Å². The minimum atomic E-state index is 0.730. The molecule has 3 aromatic rings. The molecule has 2 aromatic carbocycles. The van der Waals surface area contributed by atoms with Crippen LogP contribution in [0.25, 0.3) is 22.4 Å². The SMILES string of the molecule is CCCCCCCCCCCCOc1ccc(-c2ccc(-c3ccc(C)c(C)c3)cn2)cc1OCCCCCCCCCCCC. The summed E-state index contributed by atoms with van der Waals surface area (Å²) in [6.45, 7) is 10.4. The third kappa shape index (κ3) is 14.7. The Bertz CT molecular complexity index is 1200. The van der Waals surface area contributed by atoms with E-state index in [2.05, 4.69) is 76.2 Å². The van der Waals surface area contributed by atoms with Gasteiger partial charge in [0.05, 0.1) is 18.9 Å². The van der Waals surface area contributed by atoms with Crippen molar-refractivity contribution in [2.45, 2.75) is 156 Å². The van der Waals surface area contributed by atoms with Crippen molar-refractivity contribution in [3.05, 3.63) is 65.9 Å². The lowest BCUT2D eigenvalue weighted by Crippen LogP contribution is -2.03. The summed E-state index contributed by atoms with van der Waals surface area (Å²) in [4.78, 5) is 4.85. The van der Waals surface area contributed by atoms with Gasteiger partial charge in [-0.15, -0.1) is 0 Å². The molecule has 0 atom stereocenters. The molecule has 1 aromatic heterocycles. The molecule has 0 aliphatic carbocycles. The monoisotopic (exact) mass is 628 g/mol. The Kier molecular flexibility index (Phi) is 19.2. The lowest BCUT2D eigenvalue weighted by atomic mass is 10.0. The minimum absolute atomic E-state index is 0.730. The lowest BCUT2D eigenvalue weighted by Gasteiger charge is -2.15. The summed E-state index contributed by atoms with van der Waals surface area (Å²) < 4.78 is 12.7. The summed E-state index contributed by atoms with van der Waals surface area (Å²) in [5.41, 5.74) is 6.99. The summed E-state index contributed by atoms with van der Waals surface area (Å²) in [6, 6.07) is 17.2. The van der Waals surface area contributed by atoms with Gasteiger partial charge in [-0.3, -0.25) is 4.98 Å². The van der Waals surface area contributed by atoms with Crippen LogP contribution < -0.4 is 9.47 Å². The van der Waals surface area contributed by atoms with Gasteiger partial charge >= 0.3 is 0 Å². The van der Waals surface area contributed by atoms with Crippen LogP contribution in [0, 0.1) is 13.8 Å². The Morgan fingerprint density at radius 3 is 1.41 bits per heavy atom. The highest BCUT2D eigenvalue weighted by atomic mass is 16.5. The molecule has 0 aliphatic rings. The van der Waals surface area contributed by atoms with E-state index >= 15 is 0 Å². The Hall–Kier alpha value is -2.81. The van der Waals surface area contributed by atoms with Gasteiger partial charge in [-0.25, -0.2) is 0 Å². The number of hydrogen-bond donors (Lipinski definition) is 0. The lowest BCUT2D eigenvalue weighted by molar-refractivity contribution is 0.258. The van der Waals surface area contributed by atoms with Gasteiger partial charge in [0, 0.05) is 17.3 Å². The molecule has 0 spiro atoms. The molecule has 0 bridgehead atoms. The van der Waals surface area contributed by atoms with Crippen molar-refractivity contribution in [2.75, 3.05) is 13.2 Å². The average molecular weight is 628 g/mol. The number of nitrogens with zero attached hydrogens (tertiary/aromatic N) is 1. The number of rotatable bonds is 26. The largest absolute Gasteiger partial charge is 0.490 e. The molecule has 0 saturated heterocycles. The van der Waals surface area contributed by atoms with Crippen molar-refractivity contribution in [3.63, 3.8) is 0 Å². The Morgan fingerprint density at radius 2 is 0.913 bits per heavy atom. The predicted molar refractivity (Wildman–Crippen MR) is 199 cm³/mol. The molecule has 254 valence electrons. The Morgan fingerprint density at radius 1 is 0.435 bits per heavy atom. The van der Waals surface area contributed by atoms with E-state index in [0.717, 1.165) is 54.4 Å². The number of aromatic nitrogens is 1. The number of unbranched alkanes of at least 4 members (excludes halogenated alkanes) is 18. The molecule has 0 amide bonds. The summed E-state index contributed by atoms with van der Waals surface area (Å²) in [7, 11) is 0. The van der Waals surface area contributed by atoms with E-state index < -0.39 is 0 Å². The first-order valence-electron chi connectivity index (χ1n) is 19.1. The zero-order valence-electron chi connectivity index (χ0n) is 30.0. The van der Waals surface area contributed by atoms with Crippen LogP contribution in [-0.2, 0) is 0 Å². The third-order valence-corrected chi connectivity index (χ3v) is 9.35. The highest BCUT2D eigenvalue weighted by Crippen LogP contribution is 2.33. The number of ether oxygens (including phenoxy) is 2. The molecule has 0 unspecified atom stereocenters. The van der Waals surface area contributed by atoms with Crippen molar-refractivity contribution < 1.29 is 9.47 Å². The minimum Gasteiger partial charge on any atom is -0.490 e. The van der Waals surface area contributed by atoms with E-state index in [0.29, 0.717) is 0 Å². The summed E-state index contributed by atoms with van der Waals surface area (Å²) in [5.74, 6) is 1.71. The fourth-order valence-electron chi connectivity index (χ4n) is 6.10. The van der Waals surface area contributed by atoms with Gasteiger partial charge in [0.1, 0.15) is 0 Å². The van der Waals surface area contributed by atoms with Crippen LogP contribution in [0.5, 0.6) is 11.5 Å². The maximum Gasteiger partial charge on any atom is 0.161 e. The number of pyridine rings is 1. The second-order valence-corrected chi connectivity index (χ2v) is 13.5. The van der Waals surface area contributed by atoms with Crippen LogP contribution >= 0.6 is 0 Å². The van der Waals surface area contributed by atoms with Gasteiger partial charge in [0.2, 0.25) is 0 Å². The standard InChI is InChI=1S/C43H65NO2/c1-5-7-9-11-13-15-17-19-21-23-31-45-42-30-28-39(34-43(42)46-32-24-22-20-18-16-14-12-10-8-6-2)41-29-27-40(35-44-41)38-26-25-36(3)37(4)33-38/h25-30,33-35H,5-24,31-32H2,1-4H3. The second-order valence-electron chi connectivity index (χ2n) is 13.5. The van der Waals surface area contributed by atoms with E-state index in [-0.39, 0.29) is 0 Å². The molecular weight excluding hydrogens is 562 g/mol. The molecular formula is C43H65NO2. The first-order chi connectivity index (χ1) is 22.6. The molecule has 3 rings (SSSR count). The van der Waals surface area contributed by atoms with Crippen LogP contribution in [0.3, 0.4) is 0 Å². The van der Waals surface area contributed by atoms with E-state index in [1.165, 1.54) is 132 Å². The van der Waals surface area contributed by atoms with Crippen LogP contribution in [-0.4, -0.2) is 18.2 Å². The van der Waals surface area contributed by atoms with E-state index in [1.54, 1.807) is 0 Å². The first kappa shape index (κ1) is 37.6. The van der Waals surface area contributed by atoms with E-state index in [1.807, 2.05) is 6.20 Å². The van der Waals surface area contributed by atoms with Crippen molar-refractivity contribution >= 4 is 0 Å². The summed E-state index contributed by atoms with van der Waals surface area (Å²) in [6.07, 6.45) is 28.5. The van der Waals surface area contributed by atoms with Gasteiger partial charge in [0.15, 0.2) is 11.5 Å². The quantitative estimate of drug-likeness (QED) is 0.0830. The van der Waals surface area contributed by atoms with Gasteiger partial charge in [-0.2, -0.15) is 0 Å².